The summed E-state index contributed by atoms with van der Waals surface area (Å²) in [5.74, 6) is 0. The van der Waals surface area contributed by atoms with Crippen LogP contribution in [0.25, 0.3) is 0 Å². The maximum Gasteiger partial charge on any atom is 0.186 e. The van der Waals surface area contributed by atoms with Gasteiger partial charge in [-0.25, -0.2) is 0 Å². The first-order chi connectivity index (χ1) is 13.2. The lowest BCUT2D eigenvalue weighted by atomic mass is 10.1. The van der Waals surface area contributed by atoms with Crippen molar-refractivity contribution in [2.45, 2.75) is 43.9 Å². The summed E-state index contributed by atoms with van der Waals surface area (Å²) >= 11 is 0. The third-order valence-electron chi connectivity index (χ3n) is 4.58. The quantitative estimate of drug-likeness (QED) is 0.698. The largest absolute Gasteiger partial charge is 0.394 e. The summed E-state index contributed by atoms with van der Waals surface area (Å²) in [6.45, 7) is 0.269. The fourth-order valence-electron chi connectivity index (χ4n) is 3.15. The molecule has 27 heavy (non-hydrogen) atoms. The van der Waals surface area contributed by atoms with Gasteiger partial charge < -0.3 is 29.2 Å². The number of aliphatic hydroxyl groups excluding tert-OH is 2. The van der Waals surface area contributed by atoms with Gasteiger partial charge in [0.1, 0.15) is 24.4 Å². The van der Waals surface area contributed by atoms with Gasteiger partial charge in [-0.1, -0.05) is 60.7 Å². The van der Waals surface area contributed by atoms with Gasteiger partial charge in [-0.15, -0.1) is 0 Å². The molecule has 146 valence electrons. The van der Waals surface area contributed by atoms with E-state index in [0.29, 0.717) is 13.2 Å². The van der Waals surface area contributed by atoms with Gasteiger partial charge in [0.15, 0.2) is 6.29 Å². The molecule has 5 atom stereocenters. The lowest BCUT2D eigenvalue weighted by molar-refractivity contribution is -0.177. The van der Waals surface area contributed by atoms with Crippen LogP contribution < -0.4 is 0 Å². The van der Waals surface area contributed by atoms with Crippen molar-refractivity contribution in [1.29, 1.82) is 0 Å². The minimum atomic E-state index is -1.09. The van der Waals surface area contributed by atoms with Crippen molar-refractivity contribution in [2.75, 3.05) is 13.7 Å². The lowest BCUT2D eigenvalue weighted by Gasteiger charge is -2.26. The highest BCUT2D eigenvalue weighted by molar-refractivity contribution is 5.14. The van der Waals surface area contributed by atoms with Gasteiger partial charge >= 0.3 is 0 Å². The molecule has 0 bridgehead atoms. The first-order valence-electron chi connectivity index (χ1n) is 9.01. The Bertz CT molecular complexity index is 665. The predicted molar refractivity (Wildman–Crippen MR) is 98.8 cm³/mol. The molecule has 0 aliphatic carbocycles. The van der Waals surface area contributed by atoms with Crippen molar-refractivity contribution in [1.82, 2.24) is 0 Å². The number of methoxy groups -OCH3 is 1. The molecule has 1 saturated heterocycles. The van der Waals surface area contributed by atoms with Crippen LogP contribution in [0.15, 0.2) is 60.7 Å². The standard InChI is InChI=1S/C21H26O6/c1-24-21-20(26-14-16-10-6-3-7-11-16)19(18(27-21)17(23)12-22)25-13-15-8-4-2-5-9-15/h2-11,17-23H,12-14H2,1H3/t17-,18-,19-,20+,21-/m1/s1. The van der Waals surface area contributed by atoms with E-state index in [4.69, 9.17) is 18.9 Å². The van der Waals surface area contributed by atoms with Crippen LogP contribution in [0.3, 0.4) is 0 Å². The molecular weight excluding hydrogens is 348 g/mol. The molecule has 0 spiro atoms. The van der Waals surface area contributed by atoms with Crippen LogP contribution in [0.5, 0.6) is 0 Å². The van der Waals surface area contributed by atoms with Crippen LogP contribution in [0.2, 0.25) is 0 Å². The highest BCUT2D eigenvalue weighted by Gasteiger charge is 2.49. The second-order valence-electron chi connectivity index (χ2n) is 6.48. The Morgan fingerprint density at radius 2 is 1.41 bits per heavy atom. The van der Waals surface area contributed by atoms with Gasteiger partial charge in [0.25, 0.3) is 0 Å². The Labute approximate surface area is 159 Å². The predicted octanol–water partition coefficient (Wildman–Crippen LogP) is 1.88. The van der Waals surface area contributed by atoms with E-state index >= 15 is 0 Å². The fraction of sp³-hybridized carbons (Fsp3) is 0.429. The van der Waals surface area contributed by atoms with Gasteiger partial charge in [0, 0.05) is 7.11 Å². The molecule has 0 unspecified atom stereocenters. The number of ether oxygens (including phenoxy) is 4. The number of hydrogen-bond acceptors (Lipinski definition) is 6. The summed E-state index contributed by atoms with van der Waals surface area (Å²) in [4.78, 5) is 0. The van der Waals surface area contributed by atoms with Gasteiger partial charge in [0.2, 0.25) is 0 Å². The Hall–Kier alpha value is -1.80. The highest BCUT2D eigenvalue weighted by atomic mass is 16.7. The van der Waals surface area contributed by atoms with Crippen molar-refractivity contribution in [2.24, 2.45) is 0 Å². The first kappa shape index (κ1) is 19.9. The smallest absolute Gasteiger partial charge is 0.186 e. The molecule has 6 nitrogen and oxygen atoms in total. The molecule has 2 N–H and O–H groups in total. The molecule has 3 rings (SSSR count). The van der Waals surface area contributed by atoms with Crippen molar-refractivity contribution < 1.29 is 29.2 Å². The summed E-state index contributed by atoms with van der Waals surface area (Å²) < 4.78 is 23.3. The van der Waals surface area contributed by atoms with Crippen molar-refractivity contribution >= 4 is 0 Å². The van der Waals surface area contributed by atoms with Crippen LogP contribution in [-0.2, 0) is 32.2 Å². The molecule has 1 aliphatic rings. The Kier molecular flexibility index (Phi) is 7.34. The Balaban J connectivity index is 1.72. The molecule has 1 aliphatic heterocycles. The average Bonchev–Trinajstić information content (AvgIpc) is 3.09. The normalized spacial score (nSPS) is 26.2. The van der Waals surface area contributed by atoms with Crippen LogP contribution in [0.1, 0.15) is 11.1 Å². The van der Waals surface area contributed by atoms with Gasteiger partial charge in [-0.05, 0) is 11.1 Å². The third-order valence-corrected chi connectivity index (χ3v) is 4.58. The van der Waals surface area contributed by atoms with E-state index in [1.807, 2.05) is 60.7 Å². The molecular formula is C21H26O6. The second kappa shape index (κ2) is 9.94. The molecule has 2 aromatic rings. The van der Waals surface area contributed by atoms with E-state index in [1.54, 1.807) is 0 Å². The summed E-state index contributed by atoms with van der Waals surface area (Å²) in [5, 5.41) is 19.6. The minimum Gasteiger partial charge on any atom is -0.394 e. The number of aliphatic hydroxyl groups is 2. The molecule has 6 heteroatoms. The SMILES string of the molecule is CO[C@@H]1O[C@H]([C@H](O)CO)[C@@H](OCc2ccccc2)[C@@H]1OCc1ccccc1. The summed E-state index contributed by atoms with van der Waals surface area (Å²) in [6.07, 6.45) is -3.65. The van der Waals surface area contributed by atoms with Crippen molar-refractivity contribution in [3.05, 3.63) is 71.8 Å². The lowest BCUT2D eigenvalue weighted by Crippen LogP contribution is -2.43. The molecule has 0 saturated carbocycles. The van der Waals surface area contributed by atoms with Gasteiger partial charge in [0.05, 0.1) is 19.8 Å². The minimum absolute atomic E-state index is 0.338. The zero-order valence-electron chi connectivity index (χ0n) is 15.3. The molecule has 1 heterocycles. The van der Waals surface area contributed by atoms with E-state index < -0.39 is 37.3 Å². The highest BCUT2D eigenvalue weighted by Crippen LogP contribution is 2.30. The number of hydrogen-bond donors (Lipinski definition) is 2. The Morgan fingerprint density at radius 1 is 0.889 bits per heavy atom. The maximum absolute atomic E-state index is 10.2. The van der Waals surface area contributed by atoms with Crippen LogP contribution in [0.4, 0.5) is 0 Å². The fourth-order valence-corrected chi connectivity index (χ4v) is 3.15. The second-order valence-corrected chi connectivity index (χ2v) is 6.48. The van der Waals surface area contributed by atoms with Gasteiger partial charge in [-0.3, -0.25) is 0 Å². The zero-order chi connectivity index (χ0) is 19.1. The summed E-state index contributed by atoms with van der Waals surface area (Å²) in [6, 6.07) is 19.5. The topological polar surface area (TPSA) is 77.4 Å². The first-order valence-corrected chi connectivity index (χ1v) is 9.01. The van der Waals surface area contributed by atoms with Crippen LogP contribution >= 0.6 is 0 Å². The number of rotatable bonds is 9. The molecule has 2 aromatic carbocycles. The summed E-state index contributed by atoms with van der Waals surface area (Å²) in [7, 11) is 1.52. The van der Waals surface area contributed by atoms with Crippen LogP contribution in [-0.4, -0.2) is 54.6 Å². The van der Waals surface area contributed by atoms with Crippen molar-refractivity contribution in [3.8, 4) is 0 Å². The van der Waals surface area contributed by atoms with E-state index in [1.165, 1.54) is 7.11 Å². The monoisotopic (exact) mass is 374 g/mol. The molecule has 0 amide bonds. The van der Waals surface area contributed by atoms with E-state index in [2.05, 4.69) is 0 Å². The average molecular weight is 374 g/mol. The Morgan fingerprint density at radius 3 is 1.89 bits per heavy atom. The van der Waals surface area contributed by atoms with E-state index in [9.17, 15) is 10.2 Å². The van der Waals surface area contributed by atoms with Crippen molar-refractivity contribution in [3.63, 3.8) is 0 Å². The van der Waals surface area contributed by atoms with E-state index in [-0.39, 0.29) is 0 Å². The number of benzene rings is 2. The molecule has 1 fully saturated rings. The molecule has 0 aromatic heterocycles. The summed E-state index contributed by atoms with van der Waals surface area (Å²) in [5.41, 5.74) is 2.01. The van der Waals surface area contributed by atoms with E-state index in [0.717, 1.165) is 11.1 Å². The van der Waals surface area contributed by atoms with Crippen LogP contribution in [0, 0.1) is 0 Å². The molecule has 0 radical (unpaired) electrons. The third kappa shape index (κ3) is 5.13. The zero-order valence-corrected chi connectivity index (χ0v) is 15.3. The van der Waals surface area contributed by atoms with Gasteiger partial charge in [-0.2, -0.15) is 0 Å². The maximum atomic E-state index is 10.2.